The predicted octanol–water partition coefficient (Wildman–Crippen LogP) is 3.25. The van der Waals surface area contributed by atoms with Crippen LogP contribution < -0.4 is 10.1 Å². The number of nitrogens with zero attached hydrogens (tertiary/aromatic N) is 3. The Kier molecular flexibility index (Phi) is 5.53. The molecule has 6 nitrogen and oxygen atoms in total. The van der Waals surface area contributed by atoms with Crippen molar-refractivity contribution in [3.05, 3.63) is 54.1 Å². The number of fused-ring (bicyclic) bond motifs is 1. The second-order valence-corrected chi connectivity index (χ2v) is 6.27. The lowest BCUT2D eigenvalue weighted by Crippen LogP contribution is -2.21. The van der Waals surface area contributed by atoms with Gasteiger partial charge in [-0.2, -0.15) is 0 Å². The summed E-state index contributed by atoms with van der Waals surface area (Å²) in [4.78, 5) is 19.4. The summed E-state index contributed by atoms with van der Waals surface area (Å²) in [7, 11) is 3.97. The molecular formula is C20H24N4O2. The summed E-state index contributed by atoms with van der Waals surface area (Å²) in [5.74, 6) is 0.892. The summed E-state index contributed by atoms with van der Waals surface area (Å²) >= 11 is 0. The first-order valence-corrected chi connectivity index (χ1v) is 8.73. The maximum atomic E-state index is 12.8. The van der Waals surface area contributed by atoms with Crippen molar-refractivity contribution in [2.24, 2.45) is 0 Å². The molecule has 3 rings (SSSR count). The van der Waals surface area contributed by atoms with Gasteiger partial charge in [0, 0.05) is 13.1 Å². The standard InChI is InChI=1S/C20H24N4O2/c1-4-24-17-11-7-6-10-16(17)21-20(24)22-19(25)15-9-5-8-12-18(15)26-14-13-23(2)3/h5-12H,4,13-14H2,1-3H3,(H,21,22,25). The molecule has 1 amide bonds. The van der Waals surface area contributed by atoms with Crippen molar-refractivity contribution in [1.82, 2.24) is 14.5 Å². The third-order valence-electron chi connectivity index (χ3n) is 4.12. The minimum absolute atomic E-state index is 0.226. The van der Waals surface area contributed by atoms with Gasteiger partial charge in [-0.05, 0) is 45.3 Å². The zero-order valence-electron chi connectivity index (χ0n) is 15.4. The highest BCUT2D eigenvalue weighted by molar-refractivity contribution is 6.06. The van der Waals surface area contributed by atoms with Gasteiger partial charge in [0.25, 0.3) is 5.91 Å². The Hall–Kier alpha value is -2.86. The normalized spacial score (nSPS) is 11.1. The summed E-state index contributed by atoms with van der Waals surface area (Å²) in [5.41, 5.74) is 2.36. The average molecular weight is 352 g/mol. The van der Waals surface area contributed by atoms with Gasteiger partial charge in [0.2, 0.25) is 5.95 Å². The molecule has 0 bridgehead atoms. The van der Waals surface area contributed by atoms with Crippen molar-refractivity contribution in [3.8, 4) is 5.75 Å². The minimum atomic E-state index is -0.226. The SMILES string of the molecule is CCn1c(NC(=O)c2ccccc2OCCN(C)C)nc2ccccc21. The van der Waals surface area contributed by atoms with Crippen LogP contribution in [0.5, 0.6) is 5.75 Å². The summed E-state index contributed by atoms with van der Waals surface area (Å²) < 4.78 is 7.78. The van der Waals surface area contributed by atoms with E-state index in [1.807, 2.05) is 73.0 Å². The Morgan fingerprint density at radius 2 is 1.88 bits per heavy atom. The maximum absolute atomic E-state index is 12.8. The van der Waals surface area contributed by atoms with E-state index in [4.69, 9.17) is 4.74 Å². The highest BCUT2D eigenvalue weighted by Crippen LogP contribution is 2.22. The molecule has 0 aliphatic heterocycles. The number of hydrogen-bond donors (Lipinski definition) is 1. The first-order valence-electron chi connectivity index (χ1n) is 8.73. The quantitative estimate of drug-likeness (QED) is 0.709. The van der Waals surface area contributed by atoms with Crippen LogP contribution in [0, 0.1) is 0 Å². The van der Waals surface area contributed by atoms with E-state index >= 15 is 0 Å². The number of carbonyl (C=O) groups excluding carboxylic acids is 1. The lowest BCUT2D eigenvalue weighted by molar-refractivity contribution is 0.102. The lowest BCUT2D eigenvalue weighted by atomic mass is 10.2. The Morgan fingerprint density at radius 3 is 2.65 bits per heavy atom. The summed E-state index contributed by atoms with van der Waals surface area (Å²) in [6.07, 6.45) is 0. The summed E-state index contributed by atoms with van der Waals surface area (Å²) in [6.45, 7) is 4.05. The van der Waals surface area contributed by atoms with Crippen molar-refractivity contribution in [2.45, 2.75) is 13.5 Å². The van der Waals surface area contributed by atoms with Gasteiger partial charge in [-0.15, -0.1) is 0 Å². The molecule has 3 aromatic rings. The molecule has 26 heavy (non-hydrogen) atoms. The molecule has 1 heterocycles. The number of likely N-dealkylation sites (N-methyl/N-ethyl adjacent to an activating group) is 1. The fourth-order valence-corrected chi connectivity index (χ4v) is 2.78. The van der Waals surface area contributed by atoms with E-state index < -0.39 is 0 Å². The van der Waals surface area contributed by atoms with Crippen LogP contribution >= 0.6 is 0 Å². The number of imidazole rings is 1. The second-order valence-electron chi connectivity index (χ2n) is 6.27. The average Bonchev–Trinajstić information content (AvgIpc) is 2.98. The molecule has 0 radical (unpaired) electrons. The van der Waals surface area contributed by atoms with E-state index in [0.717, 1.165) is 24.1 Å². The third-order valence-corrected chi connectivity index (χ3v) is 4.12. The van der Waals surface area contributed by atoms with Crippen molar-refractivity contribution in [3.63, 3.8) is 0 Å². The monoisotopic (exact) mass is 352 g/mol. The van der Waals surface area contributed by atoms with Crippen LogP contribution in [0.15, 0.2) is 48.5 Å². The van der Waals surface area contributed by atoms with Crippen molar-refractivity contribution < 1.29 is 9.53 Å². The third kappa shape index (κ3) is 3.86. The summed E-state index contributed by atoms with van der Waals surface area (Å²) in [6, 6.07) is 15.1. The molecule has 1 aromatic heterocycles. The van der Waals surface area contributed by atoms with Crippen LogP contribution in [0.3, 0.4) is 0 Å². The van der Waals surface area contributed by atoms with Crippen LogP contribution in [0.2, 0.25) is 0 Å². The van der Waals surface area contributed by atoms with E-state index in [9.17, 15) is 4.79 Å². The molecule has 2 aromatic carbocycles. The Bertz CT molecular complexity index is 902. The smallest absolute Gasteiger partial charge is 0.261 e. The van der Waals surface area contributed by atoms with Gasteiger partial charge >= 0.3 is 0 Å². The number of rotatable bonds is 7. The van der Waals surface area contributed by atoms with E-state index in [0.29, 0.717) is 23.9 Å². The number of nitrogens with one attached hydrogen (secondary N) is 1. The number of amides is 1. The molecular weight excluding hydrogens is 328 g/mol. The molecule has 1 N–H and O–H groups in total. The number of carbonyl (C=O) groups is 1. The Morgan fingerprint density at radius 1 is 1.15 bits per heavy atom. The molecule has 0 unspecified atom stereocenters. The van der Waals surface area contributed by atoms with Crippen LogP contribution in [0.25, 0.3) is 11.0 Å². The minimum Gasteiger partial charge on any atom is -0.491 e. The van der Waals surface area contributed by atoms with Crippen molar-refractivity contribution in [1.29, 1.82) is 0 Å². The number of aryl methyl sites for hydroxylation is 1. The zero-order chi connectivity index (χ0) is 18.5. The molecule has 0 aliphatic carbocycles. The lowest BCUT2D eigenvalue weighted by Gasteiger charge is -2.14. The molecule has 0 atom stereocenters. The molecule has 0 saturated heterocycles. The van der Waals surface area contributed by atoms with Gasteiger partial charge in [0.1, 0.15) is 12.4 Å². The number of aromatic nitrogens is 2. The second kappa shape index (κ2) is 8.01. The molecule has 0 spiro atoms. The fraction of sp³-hybridized carbons (Fsp3) is 0.300. The van der Waals surface area contributed by atoms with E-state index in [2.05, 4.69) is 10.3 Å². The molecule has 136 valence electrons. The number of hydrogen-bond acceptors (Lipinski definition) is 4. The first-order chi connectivity index (χ1) is 12.6. The van der Waals surface area contributed by atoms with E-state index in [-0.39, 0.29) is 5.91 Å². The number of para-hydroxylation sites is 3. The van der Waals surface area contributed by atoms with Gasteiger partial charge in [-0.3, -0.25) is 10.1 Å². The summed E-state index contributed by atoms with van der Waals surface area (Å²) in [5, 5.41) is 2.93. The van der Waals surface area contributed by atoms with Gasteiger partial charge in [0.15, 0.2) is 0 Å². The van der Waals surface area contributed by atoms with Crippen molar-refractivity contribution in [2.75, 3.05) is 32.6 Å². The van der Waals surface area contributed by atoms with Crippen LogP contribution in [-0.4, -0.2) is 47.6 Å². The number of ether oxygens (including phenoxy) is 1. The van der Waals surface area contributed by atoms with Gasteiger partial charge in [0.05, 0.1) is 16.6 Å². The fourth-order valence-electron chi connectivity index (χ4n) is 2.78. The van der Waals surface area contributed by atoms with Gasteiger partial charge in [-0.1, -0.05) is 24.3 Å². The van der Waals surface area contributed by atoms with Crippen LogP contribution in [-0.2, 0) is 6.54 Å². The molecule has 6 heteroatoms. The topological polar surface area (TPSA) is 59.4 Å². The predicted molar refractivity (Wildman–Crippen MR) is 104 cm³/mol. The molecule has 0 aliphatic rings. The first kappa shape index (κ1) is 17.9. The van der Waals surface area contributed by atoms with Gasteiger partial charge < -0.3 is 14.2 Å². The zero-order valence-corrected chi connectivity index (χ0v) is 15.4. The van der Waals surface area contributed by atoms with Crippen molar-refractivity contribution >= 4 is 22.9 Å². The Balaban J connectivity index is 1.83. The largest absolute Gasteiger partial charge is 0.491 e. The highest BCUT2D eigenvalue weighted by atomic mass is 16.5. The van der Waals surface area contributed by atoms with Gasteiger partial charge in [-0.25, -0.2) is 4.98 Å². The van der Waals surface area contributed by atoms with E-state index in [1.165, 1.54) is 0 Å². The maximum Gasteiger partial charge on any atom is 0.261 e. The molecule has 0 fully saturated rings. The number of benzene rings is 2. The highest BCUT2D eigenvalue weighted by Gasteiger charge is 2.16. The van der Waals surface area contributed by atoms with Crippen LogP contribution in [0.4, 0.5) is 5.95 Å². The Labute approximate surface area is 153 Å². The molecule has 0 saturated carbocycles. The van der Waals surface area contributed by atoms with Crippen LogP contribution in [0.1, 0.15) is 17.3 Å². The number of anilines is 1. The van der Waals surface area contributed by atoms with E-state index in [1.54, 1.807) is 6.07 Å².